The van der Waals surface area contributed by atoms with Crippen LogP contribution in [0.4, 0.5) is 0 Å². The zero-order valence-corrected chi connectivity index (χ0v) is 34.6. The highest BCUT2D eigenvalue weighted by atomic mass is 32.1. The number of aromatic nitrogens is 4. The zero-order valence-electron chi connectivity index (χ0n) is 33.8. The predicted octanol–water partition coefficient (Wildman–Crippen LogP) is 15.7. The third-order valence-electron chi connectivity index (χ3n) is 13.1. The molecule has 0 radical (unpaired) electrons. The van der Waals surface area contributed by atoms with E-state index in [1.54, 1.807) is 11.3 Å². The van der Waals surface area contributed by atoms with Crippen molar-refractivity contribution in [1.82, 2.24) is 19.1 Å². The van der Waals surface area contributed by atoms with Crippen LogP contribution < -0.4 is 0 Å². The van der Waals surface area contributed by atoms with Crippen LogP contribution in [-0.4, -0.2) is 19.1 Å². The van der Waals surface area contributed by atoms with Crippen LogP contribution in [0.15, 0.2) is 206 Å². The number of rotatable bonds is 4. The van der Waals surface area contributed by atoms with E-state index in [0.717, 1.165) is 66.1 Å². The lowest BCUT2D eigenvalue weighted by atomic mass is 9.91. The van der Waals surface area contributed by atoms with Crippen molar-refractivity contribution < 1.29 is 0 Å². The van der Waals surface area contributed by atoms with Crippen molar-refractivity contribution in [2.45, 2.75) is 0 Å². The van der Waals surface area contributed by atoms with Crippen molar-refractivity contribution in [1.29, 1.82) is 0 Å². The fourth-order valence-corrected chi connectivity index (χ4v) is 11.4. The smallest absolute Gasteiger partial charge is 0.166 e. The van der Waals surface area contributed by atoms with Gasteiger partial charge in [0.05, 0.1) is 27.8 Å². The van der Waals surface area contributed by atoms with E-state index in [1.165, 1.54) is 65.2 Å². The van der Waals surface area contributed by atoms with Gasteiger partial charge >= 0.3 is 0 Å². The van der Waals surface area contributed by atoms with Gasteiger partial charge in [-0.25, -0.2) is 9.97 Å². The third-order valence-corrected chi connectivity index (χ3v) is 14.1. The van der Waals surface area contributed by atoms with E-state index in [2.05, 4.69) is 215 Å². The molecule has 0 amide bonds. The lowest BCUT2D eigenvalue weighted by Gasteiger charge is -2.16. The highest BCUT2D eigenvalue weighted by Gasteiger charge is 2.30. The van der Waals surface area contributed by atoms with E-state index in [9.17, 15) is 0 Å². The predicted molar refractivity (Wildman–Crippen MR) is 264 cm³/mol. The van der Waals surface area contributed by atoms with Crippen LogP contribution >= 0.6 is 11.3 Å². The Balaban J connectivity index is 1.17. The minimum atomic E-state index is 0.810. The molecule has 292 valence electrons. The van der Waals surface area contributed by atoms with Gasteiger partial charge in [0.1, 0.15) is 16.0 Å². The minimum Gasteiger partial charge on any atom is -0.308 e. The quantitative estimate of drug-likeness (QED) is 0.177. The van der Waals surface area contributed by atoms with E-state index in [1.807, 2.05) is 0 Å². The van der Waals surface area contributed by atoms with Gasteiger partial charge in [0.25, 0.3) is 0 Å². The van der Waals surface area contributed by atoms with Crippen LogP contribution in [0, 0.1) is 0 Å². The molecule has 14 rings (SSSR count). The summed E-state index contributed by atoms with van der Waals surface area (Å²) >= 11 is 1.71. The average Bonchev–Trinajstić information content (AvgIpc) is 3.97. The van der Waals surface area contributed by atoms with Gasteiger partial charge in [-0.3, -0.25) is 4.57 Å². The van der Waals surface area contributed by atoms with E-state index < -0.39 is 0 Å². The molecule has 1 aliphatic rings. The normalized spacial score (nSPS) is 12.1. The standard InChI is InChI=1S/C58H34N4S/c1-3-17-35(18-4-1)37-31-38(36-19-5-2-6-20-36)33-39(32-37)54-57(60-58-55(59-54)45-26-12-16-30-51(45)63-58)62-49-29-15-11-25-44(49)52-50(62)34-46-42-23-10-14-28-48(42)61-47-27-13-9-22-41(47)40-21-7-8-24-43(40)53(52)56(46)61/h1-34H. The molecular weight excluding hydrogens is 785 g/mol. The Bertz CT molecular complexity index is 3970. The van der Waals surface area contributed by atoms with Crippen LogP contribution in [0.3, 0.4) is 0 Å². The Kier molecular flexibility index (Phi) is 7.24. The molecule has 5 heterocycles. The molecule has 0 unspecified atom stereocenters. The van der Waals surface area contributed by atoms with E-state index in [4.69, 9.17) is 9.97 Å². The maximum absolute atomic E-state index is 5.76. The van der Waals surface area contributed by atoms with Crippen molar-refractivity contribution in [3.63, 3.8) is 0 Å². The van der Waals surface area contributed by atoms with Gasteiger partial charge in [0.2, 0.25) is 0 Å². The summed E-state index contributed by atoms with van der Waals surface area (Å²) in [6.07, 6.45) is 0. The van der Waals surface area contributed by atoms with Crippen LogP contribution in [-0.2, 0) is 0 Å². The van der Waals surface area contributed by atoms with Crippen molar-refractivity contribution in [3.8, 4) is 67.3 Å². The van der Waals surface area contributed by atoms with Gasteiger partial charge in [0, 0.05) is 48.3 Å². The summed E-state index contributed by atoms with van der Waals surface area (Å²) in [4.78, 5) is 12.4. The van der Waals surface area contributed by atoms with Gasteiger partial charge in [-0.1, -0.05) is 158 Å². The minimum absolute atomic E-state index is 0.810. The second kappa shape index (κ2) is 13.2. The Morgan fingerprint density at radius 2 is 0.952 bits per heavy atom. The van der Waals surface area contributed by atoms with Gasteiger partial charge in [-0.05, 0) is 81.9 Å². The van der Waals surface area contributed by atoms with Gasteiger partial charge in [-0.2, -0.15) is 0 Å². The maximum Gasteiger partial charge on any atom is 0.166 e. The van der Waals surface area contributed by atoms with Gasteiger partial charge < -0.3 is 4.57 Å². The summed E-state index contributed by atoms with van der Waals surface area (Å²) in [5.74, 6) is 0.810. The Hall–Kier alpha value is -8.12. The zero-order chi connectivity index (χ0) is 41.2. The molecule has 0 saturated heterocycles. The van der Waals surface area contributed by atoms with E-state index in [-0.39, 0.29) is 0 Å². The molecule has 63 heavy (non-hydrogen) atoms. The Morgan fingerprint density at radius 3 is 1.70 bits per heavy atom. The molecule has 0 saturated carbocycles. The molecular formula is C58H34N4S. The second-order valence-electron chi connectivity index (χ2n) is 16.5. The number of benzene rings is 9. The first-order valence-electron chi connectivity index (χ1n) is 21.4. The Morgan fingerprint density at radius 1 is 0.381 bits per heavy atom. The van der Waals surface area contributed by atoms with Crippen molar-refractivity contribution in [3.05, 3.63) is 206 Å². The number of para-hydroxylation sites is 3. The van der Waals surface area contributed by atoms with Gasteiger partial charge in [0.15, 0.2) is 5.82 Å². The number of thiophene rings is 1. The van der Waals surface area contributed by atoms with Crippen molar-refractivity contribution in [2.75, 3.05) is 0 Å². The molecule has 0 aliphatic carbocycles. The molecule has 0 bridgehead atoms. The largest absolute Gasteiger partial charge is 0.308 e. The molecule has 13 aromatic rings. The topological polar surface area (TPSA) is 35.6 Å². The highest BCUT2D eigenvalue weighted by Crippen LogP contribution is 2.52. The molecule has 4 aromatic heterocycles. The summed E-state index contributed by atoms with van der Waals surface area (Å²) in [6, 6.07) is 74.9. The summed E-state index contributed by atoms with van der Waals surface area (Å²) in [5, 5.41) is 5.92. The SMILES string of the molecule is c1ccc(-c2cc(-c3ccccc3)cc(-c3nc4c(nc3-n3c5ccccc5c5c6c7c(cc53)c3ccccc3n7-c3ccccc3-c3ccccc3-6)sc3ccccc34)c2)cc1. The highest BCUT2D eigenvalue weighted by molar-refractivity contribution is 7.25. The first-order chi connectivity index (χ1) is 31.3. The Labute approximate surface area is 366 Å². The lowest BCUT2D eigenvalue weighted by Crippen LogP contribution is -2.03. The van der Waals surface area contributed by atoms with Crippen molar-refractivity contribution in [2.24, 2.45) is 0 Å². The van der Waals surface area contributed by atoms with Crippen LogP contribution in [0.25, 0.3) is 131 Å². The second-order valence-corrected chi connectivity index (χ2v) is 17.5. The first-order valence-corrected chi connectivity index (χ1v) is 22.2. The molecule has 0 fully saturated rings. The summed E-state index contributed by atoms with van der Waals surface area (Å²) in [5.41, 5.74) is 18.0. The lowest BCUT2D eigenvalue weighted by molar-refractivity contribution is 1.09. The first kappa shape index (κ1) is 34.6. The van der Waals surface area contributed by atoms with Crippen LogP contribution in [0.5, 0.6) is 0 Å². The average molecular weight is 819 g/mol. The van der Waals surface area contributed by atoms with Gasteiger partial charge in [-0.15, -0.1) is 11.3 Å². The fraction of sp³-hybridized carbons (Fsp3) is 0. The molecule has 5 heteroatoms. The number of fused-ring (bicyclic) bond motifs is 15. The van der Waals surface area contributed by atoms with Crippen molar-refractivity contribution >= 4 is 75.4 Å². The number of hydrogen-bond acceptors (Lipinski definition) is 3. The molecule has 9 aromatic carbocycles. The summed E-state index contributed by atoms with van der Waals surface area (Å²) in [6.45, 7) is 0. The van der Waals surface area contributed by atoms with E-state index in [0.29, 0.717) is 0 Å². The molecule has 4 nitrogen and oxygen atoms in total. The van der Waals surface area contributed by atoms with Crippen LogP contribution in [0.2, 0.25) is 0 Å². The molecule has 0 N–H and O–H groups in total. The monoisotopic (exact) mass is 818 g/mol. The summed E-state index contributed by atoms with van der Waals surface area (Å²) in [7, 11) is 0. The molecule has 0 spiro atoms. The summed E-state index contributed by atoms with van der Waals surface area (Å²) < 4.78 is 6.10. The maximum atomic E-state index is 5.76. The number of hydrogen-bond donors (Lipinski definition) is 0. The fourth-order valence-electron chi connectivity index (χ4n) is 10.4. The molecule has 1 aliphatic heterocycles. The number of nitrogens with zero attached hydrogens (tertiary/aromatic N) is 4. The van der Waals surface area contributed by atoms with Crippen LogP contribution in [0.1, 0.15) is 0 Å². The molecule has 0 atom stereocenters. The third kappa shape index (κ3) is 4.97. The van der Waals surface area contributed by atoms with E-state index >= 15 is 0 Å².